The number of aliphatic imine (C=N–C) groups is 1. The van der Waals surface area contributed by atoms with Gasteiger partial charge in [-0.15, -0.1) is 11.3 Å². The highest BCUT2D eigenvalue weighted by atomic mass is 32.1. The molecule has 4 heterocycles. The number of hydrogen-bond acceptors (Lipinski definition) is 8. The molecule has 0 bridgehead atoms. The third kappa shape index (κ3) is 3.34. The van der Waals surface area contributed by atoms with Crippen LogP contribution in [0, 0.1) is 6.92 Å². The van der Waals surface area contributed by atoms with Crippen LogP contribution in [0.5, 0.6) is 5.88 Å². The molecule has 1 aromatic carbocycles. The first-order valence-electron chi connectivity index (χ1n) is 9.06. The molecule has 3 aromatic heterocycles. The summed E-state index contributed by atoms with van der Waals surface area (Å²) in [6, 6.07) is 9.87. The van der Waals surface area contributed by atoms with Gasteiger partial charge in [0.05, 0.1) is 34.9 Å². The summed E-state index contributed by atoms with van der Waals surface area (Å²) in [7, 11) is 1.60. The maximum atomic E-state index is 5.60. The van der Waals surface area contributed by atoms with Crippen molar-refractivity contribution in [3.05, 3.63) is 65.3 Å². The number of methoxy groups -OCH3 is 1. The lowest BCUT2D eigenvalue weighted by molar-refractivity contribution is 0.0621. The number of imidazole rings is 1. The Morgan fingerprint density at radius 2 is 2.21 bits per heavy atom. The van der Waals surface area contributed by atoms with E-state index in [4.69, 9.17) is 14.6 Å². The first kappa shape index (κ1) is 17.8. The zero-order valence-electron chi connectivity index (χ0n) is 15.9. The molecule has 0 spiro atoms. The van der Waals surface area contributed by atoms with Crippen LogP contribution in [-0.4, -0.2) is 39.1 Å². The molecule has 0 fully saturated rings. The predicted molar refractivity (Wildman–Crippen MR) is 113 cm³/mol. The lowest BCUT2D eigenvalue weighted by Crippen LogP contribution is -2.33. The van der Waals surface area contributed by atoms with E-state index in [1.807, 2.05) is 47.5 Å². The fourth-order valence-electron chi connectivity index (χ4n) is 3.24. The number of fused-ring (bicyclic) bond motifs is 1. The summed E-state index contributed by atoms with van der Waals surface area (Å²) in [5.41, 5.74) is 9.18. The highest BCUT2D eigenvalue weighted by Crippen LogP contribution is 2.27. The lowest BCUT2D eigenvalue weighted by atomic mass is 10.1. The van der Waals surface area contributed by atoms with Crippen molar-refractivity contribution in [2.75, 3.05) is 13.7 Å². The van der Waals surface area contributed by atoms with Crippen LogP contribution in [0.25, 0.3) is 15.9 Å². The van der Waals surface area contributed by atoms with E-state index in [0.717, 1.165) is 27.2 Å². The van der Waals surface area contributed by atoms with Crippen molar-refractivity contribution in [3.63, 3.8) is 0 Å². The first-order chi connectivity index (χ1) is 14.2. The number of nitrogens with zero attached hydrogens (tertiary/aromatic N) is 5. The maximum absolute atomic E-state index is 5.60. The van der Waals surface area contributed by atoms with Crippen molar-refractivity contribution in [1.29, 1.82) is 0 Å². The predicted octanol–water partition coefficient (Wildman–Crippen LogP) is 3.46. The number of thiazole rings is 1. The van der Waals surface area contributed by atoms with Gasteiger partial charge in [0.2, 0.25) is 5.88 Å². The Labute approximate surface area is 172 Å². The fraction of sp³-hybridized carbons (Fsp3) is 0.200. The highest BCUT2D eigenvalue weighted by molar-refractivity contribution is 7.16. The second kappa shape index (κ2) is 7.26. The highest BCUT2D eigenvalue weighted by Gasteiger charge is 2.21. The Bertz CT molecular complexity index is 1220. The molecular weight excluding hydrogens is 388 g/mol. The van der Waals surface area contributed by atoms with Crippen LogP contribution in [0.4, 0.5) is 0 Å². The summed E-state index contributed by atoms with van der Waals surface area (Å²) in [6.07, 6.45) is 3.66. The molecule has 0 saturated heterocycles. The SMILES string of the molecule is COc1nc(C2=NC(c3ccc4ncsc4c3)CON2)ccc1-n1cnc(C)c1.[HH]. The van der Waals surface area contributed by atoms with E-state index in [-0.39, 0.29) is 7.47 Å². The third-order valence-electron chi connectivity index (χ3n) is 4.70. The van der Waals surface area contributed by atoms with Gasteiger partial charge in [-0.1, -0.05) is 6.07 Å². The number of hydroxylamine groups is 1. The topological polar surface area (TPSA) is 86.5 Å². The van der Waals surface area contributed by atoms with E-state index in [0.29, 0.717) is 24.0 Å². The van der Waals surface area contributed by atoms with E-state index in [1.54, 1.807) is 24.8 Å². The van der Waals surface area contributed by atoms with Gasteiger partial charge in [0, 0.05) is 7.62 Å². The fourth-order valence-corrected chi connectivity index (χ4v) is 3.97. The molecule has 1 unspecified atom stereocenters. The number of rotatable bonds is 4. The van der Waals surface area contributed by atoms with Gasteiger partial charge in [-0.05, 0) is 36.8 Å². The molecule has 4 aromatic rings. The van der Waals surface area contributed by atoms with Gasteiger partial charge in [0.15, 0.2) is 5.84 Å². The summed E-state index contributed by atoms with van der Waals surface area (Å²) < 4.78 is 8.52. The van der Waals surface area contributed by atoms with E-state index < -0.39 is 0 Å². The van der Waals surface area contributed by atoms with Crippen molar-refractivity contribution < 1.29 is 11.0 Å². The average molecular weight is 408 g/mol. The van der Waals surface area contributed by atoms with E-state index in [1.165, 1.54) is 0 Å². The minimum atomic E-state index is -0.124. The van der Waals surface area contributed by atoms with Crippen LogP contribution in [0.3, 0.4) is 0 Å². The number of aromatic nitrogens is 4. The minimum Gasteiger partial charge on any atom is -0.479 e. The van der Waals surface area contributed by atoms with Crippen LogP contribution < -0.4 is 10.2 Å². The normalized spacial score (nSPS) is 16.5. The van der Waals surface area contributed by atoms with Gasteiger partial charge in [-0.2, -0.15) is 0 Å². The second-order valence-corrected chi connectivity index (χ2v) is 7.52. The van der Waals surface area contributed by atoms with Gasteiger partial charge in [-0.25, -0.2) is 20.4 Å². The van der Waals surface area contributed by atoms with E-state index >= 15 is 0 Å². The number of amidine groups is 1. The Morgan fingerprint density at radius 3 is 3.03 bits per heavy atom. The van der Waals surface area contributed by atoms with E-state index in [9.17, 15) is 0 Å². The Kier molecular flexibility index (Phi) is 4.45. The summed E-state index contributed by atoms with van der Waals surface area (Å²) in [5.74, 6) is 1.05. The molecule has 8 nitrogen and oxygen atoms in total. The zero-order chi connectivity index (χ0) is 19.8. The third-order valence-corrected chi connectivity index (χ3v) is 5.49. The molecule has 1 aliphatic rings. The molecule has 1 atom stereocenters. The number of benzene rings is 1. The maximum Gasteiger partial charge on any atom is 0.238 e. The van der Waals surface area contributed by atoms with Crippen LogP contribution in [0.15, 0.2) is 53.4 Å². The van der Waals surface area contributed by atoms with Crippen LogP contribution >= 0.6 is 11.3 Å². The van der Waals surface area contributed by atoms with Crippen LogP contribution in [0.1, 0.15) is 24.4 Å². The van der Waals surface area contributed by atoms with Gasteiger partial charge >= 0.3 is 0 Å². The molecule has 0 saturated carbocycles. The zero-order valence-corrected chi connectivity index (χ0v) is 16.7. The lowest BCUT2D eigenvalue weighted by Gasteiger charge is -2.22. The first-order valence-corrected chi connectivity index (χ1v) is 9.94. The number of nitrogens with one attached hydrogen (secondary N) is 1. The summed E-state index contributed by atoms with van der Waals surface area (Å²) in [6.45, 7) is 2.38. The molecule has 1 N–H and O–H groups in total. The average Bonchev–Trinajstić information content (AvgIpc) is 3.41. The van der Waals surface area contributed by atoms with Crippen molar-refractivity contribution in [2.24, 2.45) is 4.99 Å². The molecule has 0 amide bonds. The Morgan fingerprint density at radius 1 is 1.28 bits per heavy atom. The summed E-state index contributed by atoms with van der Waals surface area (Å²) >= 11 is 1.62. The molecule has 0 aliphatic carbocycles. The van der Waals surface area contributed by atoms with Gasteiger partial charge < -0.3 is 9.30 Å². The van der Waals surface area contributed by atoms with Gasteiger partial charge in [0.1, 0.15) is 24.0 Å². The monoisotopic (exact) mass is 408 g/mol. The number of aryl methyl sites for hydroxylation is 1. The number of ether oxygens (including phenoxy) is 1. The largest absolute Gasteiger partial charge is 0.479 e. The van der Waals surface area contributed by atoms with Crippen LogP contribution in [-0.2, 0) is 4.84 Å². The molecule has 148 valence electrons. The summed E-state index contributed by atoms with van der Waals surface area (Å²) in [4.78, 5) is 23.6. The van der Waals surface area contributed by atoms with Gasteiger partial charge in [0.25, 0.3) is 0 Å². The van der Waals surface area contributed by atoms with Crippen molar-refractivity contribution in [3.8, 4) is 11.6 Å². The number of hydrogen-bond donors (Lipinski definition) is 1. The molecular formula is C20H20N6O2S. The smallest absolute Gasteiger partial charge is 0.238 e. The molecule has 1 aliphatic heterocycles. The molecule has 0 radical (unpaired) electrons. The molecule has 29 heavy (non-hydrogen) atoms. The van der Waals surface area contributed by atoms with Crippen molar-refractivity contribution in [1.82, 2.24) is 25.0 Å². The van der Waals surface area contributed by atoms with Crippen molar-refractivity contribution in [2.45, 2.75) is 13.0 Å². The van der Waals surface area contributed by atoms with Gasteiger partial charge in [-0.3, -0.25) is 9.83 Å². The minimum absolute atomic E-state index is 0. The number of pyridine rings is 1. The van der Waals surface area contributed by atoms with Crippen LogP contribution in [0.2, 0.25) is 0 Å². The Hall–Kier alpha value is -3.30. The van der Waals surface area contributed by atoms with Crippen molar-refractivity contribution >= 4 is 27.4 Å². The molecule has 5 rings (SSSR count). The van der Waals surface area contributed by atoms with E-state index in [2.05, 4.69) is 26.5 Å². The summed E-state index contributed by atoms with van der Waals surface area (Å²) in [5, 5.41) is 0. The Balaban J connectivity index is 0.00000218. The quantitative estimate of drug-likeness (QED) is 0.556. The standard InChI is InChI=1S/C20H18N6O2S.H2/c1-12-8-26(10-21-12)17-6-5-15(24-20(17)27-2)19-23-16(9-28-25-19)13-3-4-14-18(7-13)29-11-22-14;/h3-8,10-11,16H,9H2,1-2H3,(H,23,25);1H. The second-order valence-electron chi connectivity index (χ2n) is 6.63. The molecule has 9 heteroatoms.